The summed E-state index contributed by atoms with van der Waals surface area (Å²) in [4.78, 5) is 8.38. The van der Waals surface area contributed by atoms with Gasteiger partial charge < -0.3 is 10.1 Å². The predicted molar refractivity (Wildman–Crippen MR) is 70.6 cm³/mol. The number of nitrogens with zero attached hydrogens (tertiary/aromatic N) is 2. The van der Waals surface area contributed by atoms with Gasteiger partial charge in [-0.3, -0.25) is 0 Å². The fourth-order valence-electron chi connectivity index (χ4n) is 1.29. The molecule has 2 aromatic heterocycles. The van der Waals surface area contributed by atoms with Gasteiger partial charge >= 0.3 is 0 Å². The van der Waals surface area contributed by atoms with E-state index in [-0.39, 0.29) is 0 Å². The first-order chi connectivity index (χ1) is 8.28. The Morgan fingerprint density at radius 3 is 2.65 bits per heavy atom. The van der Waals surface area contributed by atoms with Crippen molar-refractivity contribution in [2.24, 2.45) is 0 Å². The van der Waals surface area contributed by atoms with Crippen LogP contribution in [-0.4, -0.2) is 16.6 Å². The highest BCUT2D eigenvalue weighted by molar-refractivity contribution is 9.10. The number of nitrogens with one attached hydrogen (secondary N) is 1. The van der Waals surface area contributed by atoms with Gasteiger partial charge in [0.05, 0.1) is 18.5 Å². The van der Waals surface area contributed by atoms with Gasteiger partial charge in [0.2, 0.25) is 5.88 Å². The average Bonchev–Trinajstić information content (AvgIpc) is 2.35. The van der Waals surface area contributed by atoms with E-state index < -0.39 is 0 Å². The van der Waals surface area contributed by atoms with E-state index in [4.69, 9.17) is 4.74 Å². The molecule has 0 aliphatic heterocycles. The second kappa shape index (κ2) is 5.63. The Morgan fingerprint density at radius 2 is 2.06 bits per heavy atom. The third-order valence-electron chi connectivity index (χ3n) is 2.03. The largest absolute Gasteiger partial charge is 0.478 e. The third kappa shape index (κ3) is 3.42. The molecule has 1 N–H and O–H groups in total. The molecule has 5 heteroatoms. The van der Waals surface area contributed by atoms with Crippen LogP contribution in [0.1, 0.15) is 6.92 Å². The van der Waals surface area contributed by atoms with Crippen LogP contribution in [0.25, 0.3) is 0 Å². The maximum atomic E-state index is 5.27. The average molecular weight is 294 g/mol. The van der Waals surface area contributed by atoms with Crippen LogP contribution >= 0.6 is 15.9 Å². The minimum Gasteiger partial charge on any atom is -0.478 e. The Bertz CT molecular complexity index is 470. The molecule has 2 heterocycles. The maximum Gasteiger partial charge on any atom is 0.213 e. The Kier molecular flexibility index (Phi) is 3.93. The SMILES string of the molecule is CCOc1ccc(Nc2ccc(Br)cn2)cn1. The highest BCUT2D eigenvalue weighted by Gasteiger charge is 1.98. The summed E-state index contributed by atoms with van der Waals surface area (Å²) in [6, 6.07) is 7.55. The molecule has 17 heavy (non-hydrogen) atoms. The van der Waals surface area contributed by atoms with Crippen molar-refractivity contribution in [3.8, 4) is 5.88 Å². The van der Waals surface area contributed by atoms with Gasteiger partial charge in [-0.25, -0.2) is 9.97 Å². The van der Waals surface area contributed by atoms with E-state index in [1.54, 1.807) is 12.4 Å². The van der Waals surface area contributed by atoms with Gasteiger partial charge in [0.1, 0.15) is 5.82 Å². The Hall–Kier alpha value is -1.62. The Balaban J connectivity index is 2.05. The summed E-state index contributed by atoms with van der Waals surface area (Å²) in [7, 11) is 0. The smallest absolute Gasteiger partial charge is 0.213 e. The van der Waals surface area contributed by atoms with E-state index in [1.165, 1.54) is 0 Å². The minimum atomic E-state index is 0.619. The summed E-state index contributed by atoms with van der Waals surface area (Å²) in [6.45, 7) is 2.55. The highest BCUT2D eigenvalue weighted by atomic mass is 79.9. The molecule has 0 radical (unpaired) electrons. The lowest BCUT2D eigenvalue weighted by Gasteiger charge is -2.06. The van der Waals surface area contributed by atoms with Crippen LogP contribution < -0.4 is 10.1 Å². The molecular weight excluding hydrogens is 282 g/mol. The Labute approximate surface area is 108 Å². The molecule has 88 valence electrons. The van der Waals surface area contributed by atoms with Crippen molar-refractivity contribution in [3.63, 3.8) is 0 Å². The molecule has 0 aliphatic carbocycles. The van der Waals surface area contributed by atoms with Crippen molar-refractivity contribution in [1.82, 2.24) is 9.97 Å². The fourth-order valence-corrected chi connectivity index (χ4v) is 1.52. The zero-order valence-electron chi connectivity index (χ0n) is 9.35. The van der Waals surface area contributed by atoms with E-state index in [1.807, 2.05) is 31.2 Å². The number of halogens is 1. The van der Waals surface area contributed by atoms with Crippen molar-refractivity contribution >= 4 is 27.4 Å². The van der Waals surface area contributed by atoms with Crippen LogP contribution in [0.3, 0.4) is 0 Å². The van der Waals surface area contributed by atoms with Gasteiger partial charge in [0.25, 0.3) is 0 Å². The number of hydrogen-bond acceptors (Lipinski definition) is 4. The summed E-state index contributed by atoms with van der Waals surface area (Å²) >= 11 is 3.34. The zero-order valence-corrected chi connectivity index (χ0v) is 10.9. The first kappa shape index (κ1) is 11.9. The lowest BCUT2D eigenvalue weighted by Crippen LogP contribution is -1.96. The monoisotopic (exact) mass is 293 g/mol. The molecule has 0 atom stereocenters. The molecule has 4 nitrogen and oxygen atoms in total. The van der Waals surface area contributed by atoms with Crippen LogP contribution in [0.2, 0.25) is 0 Å². The van der Waals surface area contributed by atoms with Crippen LogP contribution in [0.4, 0.5) is 11.5 Å². The fraction of sp³-hybridized carbons (Fsp3) is 0.167. The van der Waals surface area contributed by atoms with Crippen molar-refractivity contribution in [2.75, 3.05) is 11.9 Å². The molecule has 0 aromatic carbocycles. The number of hydrogen-bond donors (Lipinski definition) is 1. The molecule has 2 aromatic rings. The van der Waals surface area contributed by atoms with E-state index in [2.05, 4.69) is 31.2 Å². The van der Waals surface area contributed by atoms with Crippen LogP contribution in [0.5, 0.6) is 5.88 Å². The van der Waals surface area contributed by atoms with Crippen LogP contribution in [-0.2, 0) is 0 Å². The molecule has 0 bridgehead atoms. The van der Waals surface area contributed by atoms with Crippen molar-refractivity contribution in [3.05, 3.63) is 41.1 Å². The van der Waals surface area contributed by atoms with Crippen molar-refractivity contribution < 1.29 is 4.74 Å². The Morgan fingerprint density at radius 1 is 1.18 bits per heavy atom. The van der Waals surface area contributed by atoms with Crippen LogP contribution in [0.15, 0.2) is 41.1 Å². The summed E-state index contributed by atoms with van der Waals surface area (Å²) in [5, 5.41) is 3.15. The zero-order chi connectivity index (χ0) is 12.1. The second-order valence-corrected chi connectivity index (χ2v) is 4.22. The molecular formula is C12H12BrN3O. The molecule has 0 saturated carbocycles. The highest BCUT2D eigenvalue weighted by Crippen LogP contribution is 2.17. The first-order valence-corrected chi connectivity index (χ1v) is 6.04. The summed E-state index contributed by atoms with van der Waals surface area (Å²) in [5.41, 5.74) is 0.878. The van der Waals surface area contributed by atoms with E-state index in [0.29, 0.717) is 12.5 Å². The summed E-state index contributed by atoms with van der Waals surface area (Å²) in [6.07, 6.45) is 3.46. The third-order valence-corrected chi connectivity index (χ3v) is 2.50. The number of rotatable bonds is 4. The second-order valence-electron chi connectivity index (χ2n) is 3.30. The molecule has 0 unspecified atom stereocenters. The number of ether oxygens (including phenoxy) is 1. The molecule has 2 rings (SSSR count). The molecule has 0 amide bonds. The van der Waals surface area contributed by atoms with Crippen molar-refractivity contribution in [1.29, 1.82) is 0 Å². The van der Waals surface area contributed by atoms with E-state index in [0.717, 1.165) is 16.0 Å². The first-order valence-electron chi connectivity index (χ1n) is 5.25. The number of anilines is 2. The molecule has 0 saturated heterocycles. The number of pyridine rings is 2. The predicted octanol–water partition coefficient (Wildman–Crippen LogP) is 3.38. The molecule has 0 fully saturated rings. The standard InChI is InChI=1S/C12H12BrN3O/c1-2-17-12-6-4-10(8-15-12)16-11-5-3-9(13)7-14-11/h3-8H,2H2,1H3,(H,14,16). The quantitative estimate of drug-likeness (QED) is 0.939. The topological polar surface area (TPSA) is 47.0 Å². The normalized spacial score (nSPS) is 10.0. The number of aromatic nitrogens is 2. The van der Waals surface area contributed by atoms with Crippen LogP contribution in [0, 0.1) is 0 Å². The van der Waals surface area contributed by atoms with Gasteiger partial charge in [-0.05, 0) is 41.1 Å². The van der Waals surface area contributed by atoms with E-state index in [9.17, 15) is 0 Å². The lowest BCUT2D eigenvalue weighted by atomic mass is 10.4. The molecule has 0 aliphatic rings. The van der Waals surface area contributed by atoms with Gasteiger partial charge in [-0.1, -0.05) is 0 Å². The summed E-state index contributed by atoms with van der Waals surface area (Å²) < 4.78 is 6.22. The van der Waals surface area contributed by atoms with E-state index >= 15 is 0 Å². The van der Waals surface area contributed by atoms with Gasteiger partial charge in [-0.15, -0.1) is 0 Å². The van der Waals surface area contributed by atoms with Gasteiger partial charge in [0, 0.05) is 16.7 Å². The molecule has 0 spiro atoms. The maximum absolute atomic E-state index is 5.27. The van der Waals surface area contributed by atoms with Crippen molar-refractivity contribution in [2.45, 2.75) is 6.92 Å². The van der Waals surface area contributed by atoms with Gasteiger partial charge in [-0.2, -0.15) is 0 Å². The lowest BCUT2D eigenvalue weighted by molar-refractivity contribution is 0.327. The summed E-state index contributed by atoms with van der Waals surface area (Å²) in [5.74, 6) is 1.40. The van der Waals surface area contributed by atoms with Gasteiger partial charge in [0.15, 0.2) is 0 Å². The minimum absolute atomic E-state index is 0.619.